The molecule has 0 unspecified atom stereocenters. The van der Waals surface area contributed by atoms with Crippen molar-refractivity contribution in [2.45, 2.75) is 6.92 Å². The van der Waals surface area contributed by atoms with Gasteiger partial charge >= 0.3 is 5.97 Å². The van der Waals surface area contributed by atoms with Crippen LogP contribution in [0.3, 0.4) is 0 Å². The minimum absolute atomic E-state index is 0.252. The molecule has 0 bridgehead atoms. The summed E-state index contributed by atoms with van der Waals surface area (Å²) in [5.41, 5.74) is 1.75. The maximum Gasteiger partial charge on any atom is 0.337 e. The minimum Gasteiger partial charge on any atom is -0.493 e. The van der Waals surface area contributed by atoms with Gasteiger partial charge in [-0.05, 0) is 67.2 Å². The summed E-state index contributed by atoms with van der Waals surface area (Å²) in [7, 11) is 1.33. The molecule has 0 atom stereocenters. The van der Waals surface area contributed by atoms with Gasteiger partial charge in [-0.2, -0.15) is 0 Å². The van der Waals surface area contributed by atoms with Gasteiger partial charge in [-0.1, -0.05) is 11.6 Å². The van der Waals surface area contributed by atoms with Crippen LogP contribution in [-0.4, -0.2) is 30.8 Å². The van der Waals surface area contributed by atoms with Crippen molar-refractivity contribution in [1.82, 2.24) is 5.32 Å². The first kappa shape index (κ1) is 20.0. The summed E-state index contributed by atoms with van der Waals surface area (Å²) < 4.78 is 10.3. The number of hydrogen-bond acceptors (Lipinski definition) is 6. The Bertz CT molecular complexity index is 971. The minimum atomic E-state index is -0.417. The molecule has 1 saturated heterocycles. The number of methoxy groups -OCH3 is 1. The fourth-order valence-corrected chi connectivity index (χ4v) is 3.46. The third-order valence-electron chi connectivity index (χ3n) is 3.73. The number of esters is 1. The molecule has 1 amide bonds. The molecule has 1 aliphatic heterocycles. The van der Waals surface area contributed by atoms with E-state index in [0.717, 1.165) is 5.56 Å². The number of aliphatic imine (C=N–C) groups is 1. The van der Waals surface area contributed by atoms with Gasteiger partial charge < -0.3 is 14.8 Å². The number of nitrogens with zero attached hydrogens (tertiary/aromatic N) is 1. The van der Waals surface area contributed by atoms with E-state index < -0.39 is 5.97 Å². The Hall–Kier alpha value is -2.77. The standard InChI is InChI=1S/C20H17ClN2O4S/c1-3-27-16-9-6-14(21)10-13(16)11-17-18(24)23-20(28-17)22-15-7-4-12(5-8-15)19(25)26-2/h4-11H,3H2,1-2H3,(H,22,23,24). The number of ether oxygens (including phenoxy) is 2. The fraction of sp³-hybridized carbons (Fsp3) is 0.150. The summed E-state index contributed by atoms with van der Waals surface area (Å²) in [6, 6.07) is 11.8. The lowest BCUT2D eigenvalue weighted by molar-refractivity contribution is -0.115. The second-order valence-corrected chi connectivity index (χ2v) is 7.10. The van der Waals surface area contributed by atoms with Crippen LogP contribution in [0.4, 0.5) is 5.69 Å². The number of halogens is 1. The molecule has 3 rings (SSSR count). The highest BCUT2D eigenvalue weighted by atomic mass is 35.5. The molecule has 1 N–H and O–H groups in total. The van der Waals surface area contributed by atoms with Crippen molar-refractivity contribution >= 4 is 52.2 Å². The van der Waals surface area contributed by atoms with Gasteiger partial charge in [0.2, 0.25) is 0 Å². The van der Waals surface area contributed by atoms with Gasteiger partial charge in [0, 0.05) is 10.6 Å². The Kier molecular flexibility index (Phi) is 6.38. The summed E-state index contributed by atoms with van der Waals surface area (Å²) in [6.45, 7) is 2.39. The van der Waals surface area contributed by atoms with Crippen molar-refractivity contribution in [3.63, 3.8) is 0 Å². The van der Waals surface area contributed by atoms with Crippen LogP contribution in [0.5, 0.6) is 5.75 Å². The van der Waals surface area contributed by atoms with Crippen LogP contribution in [0, 0.1) is 0 Å². The van der Waals surface area contributed by atoms with Crippen molar-refractivity contribution in [3.8, 4) is 5.75 Å². The van der Waals surface area contributed by atoms with Gasteiger partial charge in [0.25, 0.3) is 5.91 Å². The topological polar surface area (TPSA) is 77.0 Å². The number of amides is 1. The molecule has 28 heavy (non-hydrogen) atoms. The Balaban J connectivity index is 1.82. The van der Waals surface area contributed by atoms with Crippen LogP contribution < -0.4 is 10.1 Å². The summed E-state index contributed by atoms with van der Waals surface area (Å²) in [6.07, 6.45) is 1.72. The number of nitrogens with one attached hydrogen (secondary N) is 1. The molecule has 144 valence electrons. The summed E-state index contributed by atoms with van der Waals surface area (Å²) in [5.74, 6) is -0.0199. The quantitative estimate of drug-likeness (QED) is 0.576. The van der Waals surface area contributed by atoms with E-state index in [2.05, 4.69) is 15.0 Å². The van der Waals surface area contributed by atoms with Gasteiger partial charge in [0.05, 0.1) is 29.9 Å². The van der Waals surface area contributed by atoms with Crippen molar-refractivity contribution in [2.75, 3.05) is 13.7 Å². The zero-order chi connectivity index (χ0) is 20.1. The average Bonchev–Trinajstić information content (AvgIpc) is 3.03. The maximum absolute atomic E-state index is 12.3. The zero-order valence-corrected chi connectivity index (χ0v) is 16.8. The number of carbonyl (C=O) groups is 2. The van der Waals surface area contributed by atoms with Crippen molar-refractivity contribution in [1.29, 1.82) is 0 Å². The maximum atomic E-state index is 12.3. The molecule has 2 aromatic carbocycles. The summed E-state index contributed by atoms with van der Waals surface area (Å²) in [4.78, 5) is 28.7. The number of thioether (sulfide) groups is 1. The molecule has 0 saturated carbocycles. The molecule has 6 nitrogen and oxygen atoms in total. The van der Waals surface area contributed by atoms with E-state index in [0.29, 0.717) is 38.7 Å². The van der Waals surface area contributed by atoms with Crippen LogP contribution in [0.25, 0.3) is 6.08 Å². The lowest BCUT2D eigenvalue weighted by Gasteiger charge is -2.07. The lowest BCUT2D eigenvalue weighted by Crippen LogP contribution is -2.19. The van der Waals surface area contributed by atoms with Crippen LogP contribution in [0.15, 0.2) is 52.4 Å². The molecule has 1 heterocycles. The van der Waals surface area contributed by atoms with Crippen molar-refractivity contribution in [2.24, 2.45) is 4.99 Å². The van der Waals surface area contributed by atoms with Gasteiger partial charge in [-0.3, -0.25) is 4.79 Å². The number of hydrogen-bond donors (Lipinski definition) is 1. The monoisotopic (exact) mass is 416 g/mol. The number of benzene rings is 2. The van der Waals surface area contributed by atoms with Crippen LogP contribution >= 0.6 is 23.4 Å². The lowest BCUT2D eigenvalue weighted by atomic mass is 10.2. The highest BCUT2D eigenvalue weighted by molar-refractivity contribution is 8.18. The molecule has 0 aliphatic carbocycles. The number of carbonyl (C=O) groups excluding carboxylic acids is 2. The summed E-state index contributed by atoms with van der Waals surface area (Å²) >= 11 is 7.29. The van der Waals surface area contributed by atoms with Crippen molar-refractivity contribution < 1.29 is 19.1 Å². The highest BCUT2D eigenvalue weighted by Crippen LogP contribution is 2.32. The Labute approximate surface area is 171 Å². The molecule has 1 fully saturated rings. The SMILES string of the molecule is CCOc1ccc(Cl)cc1C=C1SC(=Nc2ccc(C(=O)OC)cc2)NC1=O. The Morgan fingerprint density at radius 2 is 2.00 bits per heavy atom. The largest absolute Gasteiger partial charge is 0.493 e. The third kappa shape index (κ3) is 4.74. The zero-order valence-electron chi connectivity index (χ0n) is 15.2. The first-order chi connectivity index (χ1) is 13.5. The molecule has 0 radical (unpaired) electrons. The van der Waals surface area contributed by atoms with Gasteiger partial charge in [0.1, 0.15) is 5.75 Å². The van der Waals surface area contributed by atoms with Gasteiger partial charge in [0.15, 0.2) is 5.17 Å². The van der Waals surface area contributed by atoms with E-state index >= 15 is 0 Å². The van der Waals surface area contributed by atoms with Crippen LogP contribution in [0.1, 0.15) is 22.8 Å². The van der Waals surface area contributed by atoms with E-state index in [1.165, 1.54) is 18.9 Å². The van der Waals surface area contributed by atoms with E-state index in [9.17, 15) is 9.59 Å². The predicted molar refractivity (Wildman–Crippen MR) is 111 cm³/mol. The molecule has 8 heteroatoms. The second kappa shape index (κ2) is 8.95. The van der Waals surface area contributed by atoms with E-state index in [4.69, 9.17) is 16.3 Å². The molecular formula is C20H17ClN2O4S. The van der Waals surface area contributed by atoms with Crippen LogP contribution in [0.2, 0.25) is 5.02 Å². The highest BCUT2D eigenvalue weighted by Gasteiger charge is 2.24. The predicted octanol–water partition coefficient (Wildman–Crippen LogP) is 4.42. The molecule has 0 aromatic heterocycles. The van der Waals surface area contributed by atoms with Gasteiger partial charge in [-0.25, -0.2) is 9.79 Å². The number of amidine groups is 1. The fourth-order valence-electron chi connectivity index (χ4n) is 2.45. The Morgan fingerprint density at radius 3 is 2.68 bits per heavy atom. The Morgan fingerprint density at radius 1 is 1.25 bits per heavy atom. The second-order valence-electron chi connectivity index (χ2n) is 5.64. The van der Waals surface area contributed by atoms with E-state index in [-0.39, 0.29) is 5.91 Å². The molecular weight excluding hydrogens is 400 g/mol. The van der Waals surface area contributed by atoms with E-state index in [1.54, 1.807) is 48.5 Å². The van der Waals surface area contributed by atoms with Crippen molar-refractivity contribution in [3.05, 3.63) is 63.5 Å². The average molecular weight is 417 g/mol. The molecule has 0 spiro atoms. The first-order valence-electron chi connectivity index (χ1n) is 8.40. The van der Waals surface area contributed by atoms with Gasteiger partial charge in [-0.15, -0.1) is 0 Å². The smallest absolute Gasteiger partial charge is 0.337 e. The van der Waals surface area contributed by atoms with Crippen LogP contribution in [-0.2, 0) is 9.53 Å². The first-order valence-corrected chi connectivity index (χ1v) is 9.60. The van der Waals surface area contributed by atoms with E-state index in [1.807, 2.05) is 6.92 Å². The normalized spacial score (nSPS) is 16.3. The molecule has 1 aliphatic rings. The number of rotatable bonds is 5. The third-order valence-corrected chi connectivity index (χ3v) is 4.87. The summed E-state index contributed by atoms with van der Waals surface area (Å²) in [5, 5.41) is 3.73. The molecule has 2 aromatic rings.